The molecule has 2 rings (SSSR count). The third kappa shape index (κ3) is 2.36. The van der Waals surface area contributed by atoms with Crippen molar-refractivity contribution in [3.8, 4) is 0 Å². The van der Waals surface area contributed by atoms with Crippen molar-refractivity contribution in [1.29, 1.82) is 0 Å². The van der Waals surface area contributed by atoms with Gasteiger partial charge in [0, 0.05) is 0 Å². The van der Waals surface area contributed by atoms with Crippen molar-refractivity contribution in [3.63, 3.8) is 0 Å². The number of rotatable bonds is 0. The highest BCUT2D eigenvalue weighted by molar-refractivity contribution is 5.02. The van der Waals surface area contributed by atoms with E-state index in [1.165, 1.54) is 64.2 Å². The summed E-state index contributed by atoms with van der Waals surface area (Å²) in [6.07, 6.45) is 19.6. The van der Waals surface area contributed by atoms with Gasteiger partial charge in [0.15, 0.2) is 0 Å². The fourth-order valence-electron chi connectivity index (χ4n) is 3.01. The van der Waals surface area contributed by atoms with Crippen LogP contribution in [0, 0.1) is 5.41 Å². The van der Waals surface area contributed by atoms with E-state index in [9.17, 15) is 0 Å². The molecule has 1 spiro atoms. The van der Waals surface area contributed by atoms with E-state index < -0.39 is 0 Å². The Kier molecular flexibility index (Phi) is 3.08. The van der Waals surface area contributed by atoms with E-state index in [0.717, 1.165) is 0 Å². The van der Waals surface area contributed by atoms with E-state index in [1.807, 2.05) is 0 Å². The fourth-order valence-corrected chi connectivity index (χ4v) is 3.01. The molecule has 0 nitrogen and oxygen atoms in total. The zero-order valence-corrected chi connectivity index (χ0v) is 8.73. The molecule has 74 valence electrons. The van der Waals surface area contributed by atoms with Crippen LogP contribution in [-0.2, 0) is 0 Å². The normalized spacial score (nSPS) is 30.8. The van der Waals surface area contributed by atoms with E-state index in [4.69, 9.17) is 0 Å². The summed E-state index contributed by atoms with van der Waals surface area (Å²) < 4.78 is 0. The first-order chi connectivity index (χ1) is 6.41. The average molecular weight is 178 g/mol. The Balaban J connectivity index is 2.02. The van der Waals surface area contributed by atoms with Gasteiger partial charge in [-0.15, -0.1) is 0 Å². The van der Waals surface area contributed by atoms with Gasteiger partial charge < -0.3 is 0 Å². The molecule has 0 unspecified atom stereocenters. The maximum atomic E-state index is 2.57. The van der Waals surface area contributed by atoms with Gasteiger partial charge in [0.2, 0.25) is 0 Å². The molecule has 13 heavy (non-hydrogen) atoms. The molecular weight excluding hydrogens is 156 g/mol. The van der Waals surface area contributed by atoms with Crippen LogP contribution in [0.2, 0.25) is 0 Å². The Morgan fingerprint density at radius 3 is 2.00 bits per heavy atom. The van der Waals surface area contributed by atoms with E-state index in [0.29, 0.717) is 5.41 Å². The van der Waals surface area contributed by atoms with Crippen LogP contribution >= 0.6 is 0 Å². The third-order valence-electron chi connectivity index (χ3n) is 3.87. The van der Waals surface area contributed by atoms with E-state index >= 15 is 0 Å². The SMILES string of the molecule is C1=C\C2(CCCCC/1)CCCCC2. The van der Waals surface area contributed by atoms with E-state index in [2.05, 4.69) is 12.2 Å². The molecule has 0 heteroatoms. The summed E-state index contributed by atoms with van der Waals surface area (Å²) in [5.41, 5.74) is 0.651. The summed E-state index contributed by atoms with van der Waals surface area (Å²) in [4.78, 5) is 0. The van der Waals surface area contributed by atoms with Crippen LogP contribution in [0.25, 0.3) is 0 Å². The van der Waals surface area contributed by atoms with Gasteiger partial charge in [-0.3, -0.25) is 0 Å². The summed E-state index contributed by atoms with van der Waals surface area (Å²) in [7, 11) is 0. The first-order valence-electron chi connectivity index (χ1n) is 6.09. The lowest BCUT2D eigenvalue weighted by Gasteiger charge is -2.35. The van der Waals surface area contributed by atoms with Crippen LogP contribution < -0.4 is 0 Å². The molecular formula is C13H22. The molecule has 0 amide bonds. The first kappa shape index (κ1) is 9.30. The molecule has 1 fully saturated rings. The molecule has 0 aromatic heterocycles. The predicted molar refractivity (Wildman–Crippen MR) is 57.7 cm³/mol. The Labute approximate surface area is 82.4 Å². The van der Waals surface area contributed by atoms with Gasteiger partial charge in [-0.05, 0) is 37.5 Å². The summed E-state index contributed by atoms with van der Waals surface area (Å²) in [6.45, 7) is 0. The zero-order chi connectivity index (χ0) is 8.99. The number of allylic oxidation sites excluding steroid dienone is 2. The maximum absolute atomic E-state index is 2.57. The van der Waals surface area contributed by atoms with Crippen molar-refractivity contribution in [3.05, 3.63) is 12.2 Å². The van der Waals surface area contributed by atoms with Crippen molar-refractivity contribution in [1.82, 2.24) is 0 Å². The van der Waals surface area contributed by atoms with Crippen LogP contribution in [0.3, 0.4) is 0 Å². The van der Waals surface area contributed by atoms with Crippen molar-refractivity contribution in [2.75, 3.05) is 0 Å². The van der Waals surface area contributed by atoms with Crippen LogP contribution in [0.5, 0.6) is 0 Å². The molecule has 2 aliphatic rings. The zero-order valence-electron chi connectivity index (χ0n) is 8.73. The lowest BCUT2D eigenvalue weighted by molar-refractivity contribution is 0.228. The monoisotopic (exact) mass is 178 g/mol. The van der Waals surface area contributed by atoms with Gasteiger partial charge in [0.1, 0.15) is 0 Å². The second-order valence-corrected chi connectivity index (χ2v) is 4.92. The van der Waals surface area contributed by atoms with E-state index in [-0.39, 0.29) is 0 Å². The third-order valence-corrected chi connectivity index (χ3v) is 3.87. The molecule has 0 radical (unpaired) electrons. The standard InChI is InChI=1S/C13H22/c1-2-5-9-13(10-6-3-1)11-7-4-8-12-13/h5,9H,1-4,6-8,10-12H2/b9-5-. The fraction of sp³-hybridized carbons (Fsp3) is 0.846. The van der Waals surface area contributed by atoms with E-state index in [1.54, 1.807) is 0 Å². The summed E-state index contributed by atoms with van der Waals surface area (Å²) >= 11 is 0. The molecule has 0 aliphatic heterocycles. The summed E-state index contributed by atoms with van der Waals surface area (Å²) in [5, 5.41) is 0. The summed E-state index contributed by atoms with van der Waals surface area (Å²) in [6, 6.07) is 0. The minimum absolute atomic E-state index is 0.651. The van der Waals surface area contributed by atoms with Crippen molar-refractivity contribution < 1.29 is 0 Å². The van der Waals surface area contributed by atoms with Crippen LogP contribution in [0.15, 0.2) is 12.2 Å². The molecule has 2 aliphatic carbocycles. The smallest absolute Gasteiger partial charge is 0.0118 e. The molecule has 0 N–H and O–H groups in total. The largest absolute Gasteiger partial charge is 0.0880 e. The molecule has 0 heterocycles. The predicted octanol–water partition coefficient (Wildman–Crippen LogP) is 4.46. The minimum atomic E-state index is 0.651. The molecule has 0 bridgehead atoms. The Hall–Kier alpha value is -0.260. The Morgan fingerprint density at radius 1 is 0.692 bits per heavy atom. The van der Waals surface area contributed by atoms with Gasteiger partial charge >= 0.3 is 0 Å². The average Bonchev–Trinajstić information content (AvgIpc) is 2.14. The van der Waals surface area contributed by atoms with Gasteiger partial charge in [-0.1, -0.05) is 44.3 Å². The van der Waals surface area contributed by atoms with Crippen LogP contribution in [0.4, 0.5) is 0 Å². The molecule has 0 atom stereocenters. The highest BCUT2D eigenvalue weighted by Gasteiger charge is 2.28. The second-order valence-electron chi connectivity index (χ2n) is 4.92. The minimum Gasteiger partial charge on any atom is -0.0880 e. The Bertz CT molecular complexity index is 172. The number of hydrogen-bond acceptors (Lipinski definition) is 0. The number of hydrogen-bond donors (Lipinski definition) is 0. The molecule has 1 saturated carbocycles. The quantitative estimate of drug-likeness (QED) is 0.480. The molecule has 0 aromatic carbocycles. The highest BCUT2D eigenvalue weighted by atomic mass is 14.3. The topological polar surface area (TPSA) is 0 Å². The van der Waals surface area contributed by atoms with Gasteiger partial charge in [-0.2, -0.15) is 0 Å². The van der Waals surface area contributed by atoms with Crippen molar-refractivity contribution >= 4 is 0 Å². The second kappa shape index (κ2) is 4.30. The van der Waals surface area contributed by atoms with Gasteiger partial charge in [0.05, 0.1) is 0 Å². The maximum Gasteiger partial charge on any atom is -0.0118 e. The Morgan fingerprint density at radius 2 is 1.31 bits per heavy atom. The molecule has 0 aromatic rings. The van der Waals surface area contributed by atoms with Crippen LogP contribution in [-0.4, -0.2) is 0 Å². The van der Waals surface area contributed by atoms with Gasteiger partial charge in [-0.25, -0.2) is 0 Å². The lowest BCUT2D eigenvalue weighted by atomic mass is 9.70. The lowest BCUT2D eigenvalue weighted by Crippen LogP contribution is -2.22. The summed E-state index contributed by atoms with van der Waals surface area (Å²) in [5.74, 6) is 0. The van der Waals surface area contributed by atoms with Gasteiger partial charge in [0.25, 0.3) is 0 Å². The molecule has 0 saturated heterocycles. The van der Waals surface area contributed by atoms with Crippen LogP contribution in [0.1, 0.15) is 64.2 Å². The first-order valence-corrected chi connectivity index (χ1v) is 6.09. The van der Waals surface area contributed by atoms with Crippen molar-refractivity contribution in [2.45, 2.75) is 64.2 Å². The highest BCUT2D eigenvalue weighted by Crippen LogP contribution is 2.42. The van der Waals surface area contributed by atoms with Crippen molar-refractivity contribution in [2.24, 2.45) is 5.41 Å².